The third-order valence-corrected chi connectivity index (χ3v) is 7.88. The molecule has 6 atom stereocenters. The number of allylic oxidation sites excluding steroid dienone is 2. The molecule has 2 saturated carbocycles. The van der Waals surface area contributed by atoms with Crippen LogP contribution in [-0.2, 0) is 9.59 Å². The maximum Gasteiger partial charge on any atom is 0.235 e. The number of likely N-dealkylation sites (tertiary alicyclic amines) is 1. The Labute approximate surface area is 155 Å². The molecule has 1 saturated heterocycles. The van der Waals surface area contributed by atoms with Crippen molar-refractivity contribution in [3.8, 4) is 0 Å². The van der Waals surface area contributed by atoms with Crippen molar-refractivity contribution >= 4 is 33.4 Å². The molecule has 1 aromatic carbocycles. The molecule has 0 spiro atoms. The Bertz CT molecular complexity index is 774. The molecule has 5 heteroatoms. The van der Waals surface area contributed by atoms with Crippen molar-refractivity contribution in [2.45, 2.75) is 20.3 Å². The first kappa shape index (κ1) is 15.6. The molecule has 4 aliphatic carbocycles. The number of benzene rings is 1. The summed E-state index contributed by atoms with van der Waals surface area (Å²) in [5.41, 5.74) is 3.22. The smallest absolute Gasteiger partial charge is 0.235 e. The highest BCUT2D eigenvalue weighted by molar-refractivity contribution is 9.10. The number of amides is 2. The van der Waals surface area contributed by atoms with Gasteiger partial charge < -0.3 is 5.32 Å². The minimum atomic E-state index is -0.110. The van der Waals surface area contributed by atoms with Crippen LogP contribution >= 0.6 is 15.9 Å². The largest absolute Gasteiger partial charge is 0.367 e. The Morgan fingerprint density at radius 1 is 1.04 bits per heavy atom. The predicted molar refractivity (Wildman–Crippen MR) is 98.7 cm³/mol. The molecule has 25 heavy (non-hydrogen) atoms. The molecule has 1 aromatic rings. The molecule has 0 radical (unpaired) electrons. The second kappa shape index (κ2) is 5.19. The van der Waals surface area contributed by atoms with Gasteiger partial charge in [-0.3, -0.25) is 14.5 Å². The topological polar surface area (TPSA) is 49.4 Å². The second-order valence-electron chi connectivity index (χ2n) is 8.02. The van der Waals surface area contributed by atoms with Gasteiger partial charge >= 0.3 is 0 Å². The number of nitrogens with zero attached hydrogens (tertiary/aromatic N) is 1. The molecule has 1 N–H and O–H groups in total. The van der Waals surface area contributed by atoms with Crippen molar-refractivity contribution in [2.24, 2.45) is 35.5 Å². The van der Waals surface area contributed by atoms with Crippen LogP contribution in [0.2, 0.25) is 0 Å². The van der Waals surface area contributed by atoms with E-state index >= 15 is 0 Å². The van der Waals surface area contributed by atoms with E-state index in [0.717, 1.165) is 21.3 Å². The van der Waals surface area contributed by atoms with Gasteiger partial charge in [-0.25, -0.2) is 0 Å². The minimum absolute atomic E-state index is 0.0257. The summed E-state index contributed by atoms with van der Waals surface area (Å²) in [4.78, 5) is 27.3. The summed E-state index contributed by atoms with van der Waals surface area (Å²) in [6, 6.07) is 4.07. The molecule has 3 fully saturated rings. The Kier molecular flexibility index (Phi) is 3.25. The molecule has 4 nitrogen and oxygen atoms in total. The number of hydrogen-bond donors (Lipinski definition) is 1. The molecule has 6 rings (SSSR count). The molecule has 0 aromatic heterocycles. The van der Waals surface area contributed by atoms with Gasteiger partial charge in [-0.2, -0.15) is 0 Å². The van der Waals surface area contributed by atoms with E-state index in [1.54, 1.807) is 0 Å². The van der Waals surface area contributed by atoms with Crippen LogP contribution in [0.1, 0.15) is 17.5 Å². The van der Waals surface area contributed by atoms with E-state index in [0.29, 0.717) is 23.7 Å². The zero-order valence-corrected chi connectivity index (χ0v) is 15.9. The quantitative estimate of drug-likeness (QED) is 0.623. The Morgan fingerprint density at radius 2 is 1.56 bits per heavy atom. The van der Waals surface area contributed by atoms with Crippen LogP contribution in [0.4, 0.5) is 5.69 Å². The number of halogens is 1. The minimum Gasteiger partial charge on any atom is -0.367 e. The van der Waals surface area contributed by atoms with Gasteiger partial charge in [0.15, 0.2) is 0 Å². The van der Waals surface area contributed by atoms with Gasteiger partial charge in [-0.05, 0) is 67.2 Å². The summed E-state index contributed by atoms with van der Waals surface area (Å²) in [6.45, 7) is 4.34. The van der Waals surface area contributed by atoms with Crippen LogP contribution in [0.15, 0.2) is 28.8 Å². The molecule has 1 heterocycles. The van der Waals surface area contributed by atoms with Crippen molar-refractivity contribution < 1.29 is 9.59 Å². The standard InChI is InChI=1S/C20H21BrN2O2/c1-9-5-11(6-10(2)18(9)21)22-8-23-19(24)16-12-3-4-13(15-7-14(12)15)17(16)20(23)25/h3-6,12-17,22H,7-8H2,1-2H3/t12-,13-,14-,15+,16-,17-/m1/s1. The number of nitrogens with one attached hydrogen (secondary N) is 1. The molecule has 5 aliphatic rings. The van der Waals surface area contributed by atoms with E-state index < -0.39 is 0 Å². The van der Waals surface area contributed by atoms with Gasteiger partial charge in [0, 0.05) is 10.2 Å². The number of imide groups is 1. The molecule has 1 aliphatic heterocycles. The lowest BCUT2D eigenvalue weighted by molar-refractivity contribution is -0.139. The second-order valence-corrected chi connectivity index (χ2v) is 8.81. The van der Waals surface area contributed by atoms with Gasteiger partial charge in [0.2, 0.25) is 11.8 Å². The van der Waals surface area contributed by atoms with Gasteiger partial charge in [0.1, 0.15) is 0 Å². The summed E-state index contributed by atoms with van der Waals surface area (Å²) in [7, 11) is 0. The van der Waals surface area contributed by atoms with E-state index in [1.807, 2.05) is 26.0 Å². The van der Waals surface area contributed by atoms with E-state index in [1.165, 1.54) is 11.3 Å². The third kappa shape index (κ3) is 2.11. The number of rotatable bonds is 3. The normalized spacial score (nSPS) is 37.3. The number of anilines is 1. The van der Waals surface area contributed by atoms with Crippen LogP contribution in [0.3, 0.4) is 0 Å². The lowest BCUT2D eigenvalue weighted by atomic mass is 9.63. The fourth-order valence-corrected chi connectivity index (χ4v) is 5.62. The third-order valence-electron chi connectivity index (χ3n) is 6.63. The van der Waals surface area contributed by atoms with Crippen LogP contribution < -0.4 is 5.32 Å². The fourth-order valence-electron chi connectivity index (χ4n) is 5.39. The lowest BCUT2D eigenvalue weighted by Gasteiger charge is -2.37. The molecule has 2 amide bonds. The fraction of sp³-hybridized carbons (Fsp3) is 0.500. The average Bonchev–Trinajstić information content (AvgIpc) is 3.37. The maximum atomic E-state index is 12.9. The SMILES string of the molecule is Cc1cc(NCN2C(=O)[C@@H]3[C@@H]4C=C[C@H]([C@@H]5C[C@H]45)[C@H]3C2=O)cc(C)c1Br. The van der Waals surface area contributed by atoms with E-state index in [9.17, 15) is 9.59 Å². The van der Waals surface area contributed by atoms with E-state index in [-0.39, 0.29) is 30.3 Å². The summed E-state index contributed by atoms with van der Waals surface area (Å²) in [5, 5.41) is 3.28. The van der Waals surface area contributed by atoms with Crippen LogP contribution in [-0.4, -0.2) is 23.4 Å². The average molecular weight is 401 g/mol. The highest BCUT2D eigenvalue weighted by atomic mass is 79.9. The van der Waals surface area contributed by atoms with Gasteiger partial charge in [-0.1, -0.05) is 28.1 Å². The van der Waals surface area contributed by atoms with E-state index in [2.05, 4.69) is 33.4 Å². The summed E-state index contributed by atoms with van der Waals surface area (Å²) >= 11 is 3.57. The van der Waals surface area contributed by atoms with Crippen LogP contribution in [0, 0.1) is 49.4 Å². The molecule has 2 bridgehead atoms. The first-order chi connectivity index (χ1) is 12.0. The summed E-state index contributed by atoms with van der Waals surface area (Å²) < 4.78 is 1.10. The predicted octanol–water partition coefficient (Wildman–Crippen LogP) is 3.49. The Morgan fingerprint density at radius 3 is 2.08 bits per heavy atom. The highest BCUT2D eigenvalue weighted by Crippen LogP contribution is 2.65. The van der Waals surface area contributed by atoms with Gasteiger partial charge in [0.05, 0.1) is 18.5 Å². The maximum absolute atomic E-state index is 12.9. The molecular weight excluding hydrogens is 380 g/mol. The van der Waals surface area contributed by atoms with Crippen molar-refractivity contribution in [3.63, 3.8) is 0 Å². The monoisotopic (exact) mass is 400 g/mol. The Hall–Kier alpha value is -1.62. The van der Waals surface area contributed by atoms with Crippen LogP contribution in [0.25, 0.3) is 0 Å². The van der Waals surface area contributed by atoms with Crippen molar-refractivity contribution in [1.82, 2.24) is 4.90 Å². The number of hydrogen-bond acceptors (Lipinski definition) is 3. The number of carbonyl (C=O) groups is 2. The van der Waals surface area contributed by atoms with Crippen molar-refractivity contribution in [2.75, 3.05) is 12.0 Å². The lowest BCUT2D eigenvalue weighted by Crippen LogP contribution is -2.40. The molecular formula is C20H21BrN2O2. The van der Waals surface area contributed by atoms with E-state index in [4.69, 9.17) is 0 Å². The number of aryl methyl sites for hydroxylation is 2. The summed E-state index contributed by atoms with van der Waals surface area (Å²) in [5.74, 6) is 1.71. The van der Waals surface area contributed by atoms with Gasteiger partial charge in [-0.15, -0.1) is 0 Å². The first-order valence-corrected chi connectivity index (χ1v) is 9.81. The zero-order valence-electron chi connectivity index (χ0n) is 14.3. The Balaban J connectivity index is 1.36. The zero-order chi connectivity index (χ0) is 17.5. The summed E-state index contributed by atoms with van der Waals surface area (Å²) in [6.07, 6.45) is 5.62. The first-order valence-electron chi connectivity index (χ1n) is 9.01. The molecule has 130 valence electrons. The van der Waals surface area contributed by atoms with Crippen molar-refractivity contribution in [3.05, 3.63) is 39.9 Å². The number of carbonyl (C=O) groups excluding carboxylic acids is 2. The van der Waals surface area contributed by atoms with Crippen molar-refractivity contribution in [1.29, 1.82) is 0 Å². The van der Waals surface area contributed by atoms with Gasteiger partial charge in [0.25, 0.3) is 0 Å². The van der Waals surface area contributed by atoms with Crippen LogP contribution in [0.5, 0.6) is 0 Å². The molecule has 0 unspecified atom stereocenters. The highest BCUT2D eigenvalue weighted by Gasteiger charge is 2.66.